The van der Waals surface area contributed by atoms with Gasteiger partial charge in [-0.25, -0.2) is 4.79 Å². The van der Waals surface area contributed by atoms with Gasteiger partial charge in [-0.1, -0.05) is 12.1 Å². The fourth-order valence-electron chi connectivity index (χ4n) is 4.27. The summed E-state index contributed by atoms with van der Waals surface area (Å²) < 4.78 is 28.2. The molecule has 2 aromatic carbocycles. The van der Waals surface area contributed by atoms with E-state index in [1.165, 1.54) is 0 Å². The van der Waals surface area contributed by atoms with Crippen LogP contribution in [0.15, 0.2) is 48.5 Å². The van der Waals surface area contributed by atoms with Gasteiger partial charge in [0, 0.05) is 12.1 Å². The van der Waals surface area contributed by atoms with E-state index in [9.17, 15) is 4.79 Å². The molecular formula is C23H27NO6. The molecule has 2 heterocycles. The molecule has 2 fully saturated rings. The monoisotopic (exact) mass is 413 g/mol. The van der Waals surface area contributed by atoms with Crippen molar-refractivity contribution in [2.45, 2.75) is 50.9 Å². The Bertz CT molecular complexity index is 884. The van der Waals surface area contributed by atoms with Crippen LogP contribution >= 0.6 is 0 Å². The quantitative estimate of drug-likeness (QED) is 0.709. The lowest BCUT2D eigenvalue weighted by Crippen LogP contribution is -2.59. The second-order valence-corrected chi connectivity index (χ2v) is 7.83. The highest BCUT2D eigenvalue weighted by Gasteiger charge is 2.58. The van der Waals surface area contributed by atoms with Crippen molar-refractivity contribution in [3.8, 4) is 11.5 Å². The van der Waals surface area contributed by atoms with Crippen molar-refractivity contribution in [3.63, 3.8) is 0 Å². The highest BCUT2D eigenvalue weighted by Crippen LogP contribution is 2.44. The maximum absolute atomic E-state index is 12.8. The number of benzene rings is 2. The second kappa shape index (κ2) is 8.16. The minimum absolute atomic E-state index is 0.295. The number of methoxy groups -OCH3 is 2. The average molecular weight is 413 g/mol. The first-order chi connectivity index (χ1) is 14.4. The second-order valence-electron chi connectivity index (χ2n) is 7.83. The van der Waals surface area contributed by atoms with Crippen LogP contribution in [0.25, 0.3) is 0 Å². The van der Waals surface area contributed by atoms with E-state index in [-0.39, 0.29) is 18.3 Å². The van der Waals surface area contributed by atoms with Crippen molar-refractivity contribution in [3.05, 3.63) is 54.1 Å². The van der Waals surface area contributed by atoms with Gasteiger partial charge >= 0.3 is 6.09 Å². The first-order valence-electron chi connectivity index (χ1n) is 9.99. The molecular weight excluding hydrogens is 386 g/mol. The molecule has 0 aromatic heterocycles. The Morgan fingerprint density at radius 2 is 1.63 bits per heavy atom. The Morgan fingerprint density at radius 1 is 1.03 bits per heavy atom. The van der Waals surface area contributed by atoms with Crippen LogP contribution in [-0.4, -0.2) is 44.3 Å². The summed E-state index contributed by atoms with van der Waals surface area (Å²) in [4.78, 5) is 14.5. The number of hydrogen-bond acceptors (Lipinski definition) is 6. The minimum atomic E-state index is -0.589. The molecule has 0 saturated carbocycles. The Morgan fingerprint density at radius 3 is 2.23 bits per heavy atom. The molecule has 0 unspecified atom stereocenters. The Hall–Kier alpha value is -2.77. The van der Waals surface area contributed by atoms with Crippen molar-refractivity contribution in [1.82, 2.24) is 0 Å². The summed E-state index contributed by atoms with van der Waals surface area (Å²) in [5.74, 6) is 1.53. The lowest BCUT2D eigenvalue weighted by molar-refractivity contribution is -0.231. The predicted molar refractivity (Wildman–Crippen MR) is 111 cm³/mol. The van der Waals surface area contributed by atoms with Crippen molar-refractivity contribution >= 4 is 11.8 Å². The molecule has 4 atom stereocenters. The fourth-order valence-corrected chi connectivity index (χ4v) is 4.27. The number of fused-ring (bicyclic) bond motifs is 1. The molecule has 0 radical (unpaired) electrons. The Labute approximate surface area is 176 Å². The number of rotatable bonds is 6. The van der Waals surface area contributed by atoms with Gasteiger partial charge in [-0.2, -0.15) is 0 Å². The zero-order chi connectivity index (χ0) is 21.3. The Balaban J connectivity index is 1.51. The van der Waals surface area contributed by atoms with Crippen LogP contribution in [0, 0.1) is 0 Å². The summed E-state index contributed by atoms with van der Waals surface area (Å²) in [7, 11) is 3.25. The Kier molecular flexibility index (Phi) is 5.58. The summed E-state index contributed by atoms with van der Waals surface area (Å²) in [6, 6.07) is 15.1. The third kappa shape index (κ3) is 3.70. The van der Waals surface area contributed by atoms with Crippen molar-refractivity contribution in [2.24, 2.45) is 0 Å². The van der Waals surface area contributed by atoms with Crippen LogP contribution < -0.4 is 14.4 Å². The van der Waals surface area contributed by atoms with Crippen LogP contribution in [0.4, 0.5) is 10.5 Å². The van der Waals surface area contributed by atoms with E-state index in [1.807, 2.05) is 62.4 Å². The molecule has 0 bridgehead atoms. The fraction of sp³-hybridized carbons (Fsp3) is 0.435. The van der Waals surface area contributed by atoms with Gasteiger partial charge in [0.1, 0.15) is 11.5 Å². The lowest BCUT2D eigenvalue weighted by Gasteiger charge is -2.44. The summed E-state index contributed by atoms with van der Waals surface area (Å²) >= 11 is 0. The molecule has 0 spiro atoms. The van der Waals surface area contributed by atoms with Gasteiger partial charge in [-0.05, 0) is 55.8 Å². The number of ether oxygens (including phenoxy) is 5. The molecule has 2 saturated heterocycles. The molecule has 7 nitrogen and oxygen atoms in total. The highest BCUT2D eigenvalue weighted by molar-refractivity contribution is 5.92. The molecule has 2 aliphatic rings. The van der Waals surface area contributed by atoms with Gasteiger partial charge in [0.05, 0.1) is 32.5 Å². The average Bonchev–Trinajstić information content (AvgIpc) is 3.03. The molecule has 7 heteroatoms. The SMILES string of the molecule is COc1ccc(CO[C@@H]2C[C@@]3(C)[C@H](OC(=O)N3c3ccc(OC)cc3)[C@H](C)O2)cc1. The summed E-state index contributed by atoms with van der Waals surface area (Å²) in [6.07, 6.45) is -1.02. The van der Waals surface area contributed by atoms with Crippen molar-refractivity contribution in [2.75, 3.05) is 19.1 Å². The summed E-state index contributed by atoms with van der Waals surface area (Å²) in [5, 5.41) is 0. The predicted octanol–water partition coefficient (Wildman–Crippen LogP) is 4.14. The number of hydrogen-bond donors (Lipinski definition) is 0. The smallest absolute Gasteiger partial charge is 0.415 e. The molecule has 1 amide bonds. The molecule has 0 N–H and O–H groups in total. The summed E-state index contributed by atoms with van der Waals surface area (Å²) in [6.45, 7) is 4.34. The van der Waals surface area contributed by atoms with Gasteiger partial charge in [0.15, 0.2) is 12.4 Å². The zero-order valence-electron chi connectivity index (χ0n) is 17.7. The molecule has 2 aliphatic heterocycles. The van der Waals surface area contributed by atoms with Gasteiger partial charge in [-0.15, -0.1) is 0 Å². The maximum atomic E-state index is 12.8. The van der Waals surface area contributed by atoms with E-state index in [4.69, 9.17) is 23.7 Å². The van der Waals surface area contributed by atoms with E-state index in [1.54, 1.807) is 19.1 Å². The first kappa shape index (κ1) is 20.5. The van der Waals surface area contributed by atoms with Crippen LogP contribution in [0.2, 0.25) is 0 Å². The number of amides is 1. The van der Waals surface area contributed by atoms with Crippen molar-refractivity contribution < 1.29 is 28.5 Å². The van der Waals surface area contributed by atoms with Gasteiger partial charge in [0.25, 0.3) is 0 Å². The summed E-state index contributed by atoms with van der Waals surface area (Å²) in [5.41, 5.74) is 1.19. The highest BCUT2D eigenvalue weighted by atomic mass is 16.7. The largest absolute Gasteiger partial charge is 0.497 e. The van der Waals surface area contributed by atoms with Gasteiger partial charge < -0.3 is 23.7 Å². The lowest BCUT2D eigenvalue weighted by atomic mass is 9.84. The van der Waals surface area contributed by atoms with Crippen LogP contribution in [0.5, 0.6) is 11.5 Å². The topological polar surface area (TPSA) is 66.5 Å². The zero-order valence-corrected chi connectivity index (χ0v) is 17.7. The normalized spacial score (nSPS) is 28.1. The first-order valence-corrected chi connectivity index (χ1v) is 9.99. The molecule has 2 aromatic rings. The molecule has 30 heavy (non-hydrogen) atoms. The maximum Gasteiger partial charge on any atom is 0.415 e. The van der Waals surface area contributed by atoms with Crippen LogP contribution in [-0.2, 0) is 20.8 Å². The third-order valence-corrected chi connectivity index (χ3v) is 5.83. The van der Waals surface area contributed by atoms with Gasteiger partial charge in [-0.3, -0.25) is 4.90 Å². The van der Waals surface area contributed by atoms with Crippen LogP contribution in [0.1, 0.15) is 25.8 Å². The van der Waals surface area contributed by atoms with Gasteiger partial charge in [0.2, 0.25) is 0 Å². The minimum Gasteiger partial charge on any atom is -0.497 e. The third-order valence-electron chi connectivity index (χ3n) is 5.83. The van der Waals surface area contributed by atoms with E-state index in [2.05, 4.69) is 0 Å². The molecule has 0 aliphatic carbocycles. The number of carbonyl (C=O) groups is 1. The van der Waals surface area contributed by atoms with E-state index < -0.39 is 11.8 Å². The molecule has 4 rings (SSSR count). The van der Waals surface area contributed by atoms with E-state index in [0.29, 0.717) is 13.0 Å². The van der Waals surface area contributed by atoms with Crippen LogP contribution in [0.3, 0.4) is 0 Å². The van der Waals surface area contributed by atoms with Crippen molar-refractivity contribution in [1.29, 1.82) is 0 Å². The van der Waals surface area contributed by atoms with E-state index >= 15 is 0 Å². The van der Waals surface area contributed by atoms with E-state index in [0.717, 1.165) is 22.7 Å². The number of anilines is 1. The molecule has 160 valence electrons. The number of carbonyl (C=O) groups excluding carboxylic acids is 1. The standard InChI is InChI=1S/C23H27NO6/c1-15-21-23(2,24(22(25)30-21)17-7-11-19(27-4)12-8-17)13-20(29-15)28-14-16-5-9-18(26-3)10-6-16/h5-12,15,20-21H,13-14H2,1-4H3/t15-,20-,21+,23-/m0/s1. The number of nitrogens with zero attached hydrogens (tertiary/aromatic N) is 1.